The fourth-order valence-electron chi connectivity index (χ4n) is 3.80. The lowest BCUT2D eigenvalue weighted by Crippen LogP contribution is -2.51. The Kier molecular flexibility index (Phi) is 11.2. The summed E-state index contributed by atoms with van der Waals surface area (Å²) in [5.74, 6) is 0.394. The fraction of sp³-hybridized carbons (Fsp3) is 0.286. The number of nitrogens with zero attached hydrogens (tertiary/aromatic N) is 2. The lowest BCUT2D eigenvalue weighted by Gasteiger charge is -2.31. The van der Waals surface area contributed by atoms with Crippen LogP contribution in [0.1, 0.15) is 30.0 Å². The van der Waals surface area contributed by atoms with E-state index in [1.54, 1.807) is 17.0 Å². The number of nitrogens with one attached hydrogen (secondary N) is 1. The SMILES string of the molecule is CCCNC(=O)[C@H](Cc1ccccc1)N(Cc1cccc(Br)c1)C(=O)CSCc1ccc([N+](=O)[O-])cc1. The van der Waals surface area contributed by atoms with Crippen molar-refractivity contribution >= 4 is 45.2 Å². The number of carbonyl (C=O) groups is 2. The first-order valence-corrected chi connectivity index (χ1v) is 14.0. The van der Waals surface area contributed by atoms with Gasteiger partial charge in [0.25, 0.3) is 5.69 Å². The fourth-order valence-corrected chi connectivity index (χ4v) is 5.12. The number of benzene rings is 3. The minimum absolute atomic E-state index is 0.0341. The Hall–Kier alpha value is -3.17. The number of rotatable bonds is 13. The summed E-state index contributed by atoms with van der Waals surface area (Å²) < 4.78 is 0.903. The number of hydrogen-bond acceptors (Lipinski definition) is 5. The molecular weight excluding hydrogens is 554 g/mol. The van der Waals surface area contributed by atoms with E-state index in [4.69, 9.17) is 0 Å². The number of nitro groups is 1. The first-order chi connectivity index (χ1) is 17.9. The van der Waals surface area contributed by atoms with Gasteiger partial charge in [-0.25, -0.2) is 0 Å². The molecular formula is C28H30BrN3O4S. The van der Waals surface area contributed by atoms with Crippen molar-refractivity contribution in [2.24, 2.45) is 0 Å². The van der Waals surface area contributed by atoms with Crippen LogP contribution in [0.25, 0.3) is 0 Å². The van der Waals surface area contributed by atoms with E-state index >= 15 is 0 Å². The van der Waals surface area contributed by atoms with Gasteiger partial charge in [-0.3, -0.25) is 19.7 Å². The molecule has 0 aromatic heterocycles. The summed E-state index contributed by atoms with van der Waals surface area (Å²) in [5, 5.41) is 13.9. The molecule has 194 valence electrons. The van der Waals surface area contributed by atoms with Gasteiger partial charge in [-0.15, -0.1) is 11.8 Å². The molecule has 0 saturated heterocycles. The summed E-state index contributed by atoms with van der Waals surface area (Å²) in [6.07, 6.45) is 1.21. The van der Waals surface area contributed by atoms with Crippen molar-refractivity contribution < 1.29 is 14.5 Å². The molecule has 2 amide bonds. The summed E-state index contributed by atoms with van der Waals surface area (Å²) >= 11 is 4.92. The lowest BCUT2D eigenvalue weighted by molar-refractivity contribution is -0.384. The third-order valence-corrected chi connectivity index (χ3v) is 7.19. The van der Waals surface area contributed by atoms with E-state index < -0.39 is 11.0 Å². The Morgan fingerprint density at radius 1 is 1.00 bits per heavy atom. The molecule has 0 radical (unpaired) electrons. The highest BCUT2D eigenvalue weighted by Gasteiger charge is 2.30. The smallest absolute Gasteiger partial charge is 0.269 e. The van der Waals surface area contributed by atoms with E-state index in [0.29, 0.717) is 25.3 Å². The number of thioether (sulfide) groups is 1. The second kappa shape index (κ2) is 14.5. The van der Waals surface area contributed by atoms with Gasteiger partial charge in [0.05, 0.1) is 10.7 Å². The Morgan fingerprint density at radius 2 is 1.70 bits per heavy atom. The summed E-state index contributed by atoms with van der Waals surface area (Å²) in [5.41, 5.74) is 2.82. The van der Waals surface area contributed by atoms with Gasteiger partial charge in [-0.2, -0.15) is 0 Å². The van der Waals surface area contributed by atoms with Crippen molar-refractivity contribution in [2.45, 2.75) is 38.1 Å². The van der Waals surface area contributed by atoms with E-state index in [9.17, 15) is 19.7 Å². The molecule has 0 heterocycles. The average molecular weight is 585 g/mol. The Balaban J connectivity index is 1.80. The zero-order valence-electron chi connectivity index (χ0n) is 20.6. The Labute approximate surface area is 229 Å². The van der Waals surface area contributed by atoms with E-state index in [-0.39, 0.29) is 23.3 Å². The van der Waals surface area contributed by atoms with Gasteiger partial charge in [0.1, 0.15) is 6.04 Å². The molecule has 3 aromatic carbocycles. The Morgan fingerprint density at radius 3 is 2.35 bits per heavy atom. The van der Waals surface area contributed by atoms with Crippen molar-refractivity contribution in [3.8, 4) is 0 Å². The number of halogens is 1. The van der Waals surface area contributed by atoms with E-state index in [2.05, 4.69) is 21.2 Å². The molecule has 0 fully saturated rings. The number of hydrogen-bond donors (Lipinski definition) is 1. The highest BCUT2D eigenvalue weighted by molar-refractivity contribution is 9.10. The molecule has 37 heavy (non-hydrogen) atoms. The van der Waals surface area contributed by atoms with Crippen LogP contribution < -0.4 is 5.32 Å². The van der Waals surface area contributed by atoms with Crippen LogP contribution in [-0.4, -0.2) is 40.0 Å². The van der Waals surface area contributed by atoms with Gasteiger partial charge >= 0.3 is 0 Å². The Bertz CT molecular complexity index is 1190. The van der Waals surface area contributed by atoms with Crippen LogP contribution in [0.3, 0.4) is 0 Å². The van der Waals surface area contributed by atoms with Crippen LogP contribution >= 0.6 is 27.7 Å². The van der Waals surface area contributed by atoms with Crippen LogP contribution in [0.5, 0.6) is 0 Å². The maximum Gasteiger partial charge on any atom is 0.269 e. The third-order valence-electron chi connectivity index (χ3n) is 5.70. The van der Waals surface area contributed by atoms with E-state index in [1.807, 2.05) is 61.5 Å². The zero-order valence-corrected chi connectivity index (χ0v) is 23.0. The predicted molar refractivity (Wildman–Crippen MR) is 151 cm³/mol. The predicted octanol–water partition coefficient (Wildman–Crippen LogP) is 5.76. The maximum atomic E-state index is 13.6. The maximum absolute atomic E-state index is 13.6. The molecule has 3 aromatic rings. The molecule has 9 heteroatoms. The molecule has 0 bridgehead atoms. The molecule has 0 unspecified atom stereocenters. The lowest BCUT2D eigenvalue weighted by atomic mass is 10.0. The van der Waals surface area contributed by atoms with Crippen LogP contribution in [0.2, 0.25) is 0 Å². The van der Waals surface area contributed by atoms with Crippen molar-refractivity contribution in [3.05, 3.63) is 110 Å². The largest absolute Gasteiger partial charge is 0.354 e. The van der Waals surface area contributed by atoms with Crippen molar-refractivity contribution in [1.82, 2.24) is 10.2 Å². The number of carbonyl (C=O) groups excluding carboxylic acids is 2. The zero-order chi connectivity index (χ0) is 26.6. The monoisotopic (exact) mass is 583 g/mol. The molecule has 7 nitrogen and oxygen atoms in total. The molecule has 0 aliphatic carbocycles. The van der Waals surface area contributed by atoms with Gasteiger partial charge in [-0.1, -0.05) is 77.5 Å². The molecule has 3 rings (SSSR count). The average Bonchev–Trinajstić information content (AvgIpc) is 2.90. The quantitative estimate of drug-likeness (QED) is 0.204. The first kappa shape index (κ1) is 28.4. The minimum atomic E-state index is -0.666. The van der Waals surface area contributed by atoms with Crippen molar-refractivity contribution in [1.29, 1.82) is 0 Å². The first-order valence-electron chi connectivity index (χ1n) is 12.0. The van der Waals surface area contributed by atoms with Gasteiger partial charge < -0.3 is 10.2 Å². The molecule has 0 saturated carbocycles. The number of amides is 2. The van der Waals surface area contributed by atoms with Crippen LogP contribution in [0.4, 0.5) is 5.69 Å². The number of non-ortho nitro benzene ring substituents is 1. The summed E-state index contributed by atoms with van der Waals surface area (Å²) in [6, 6.07) is 23.1. The second-order valence-corrected chi connectivity index (χ2v) is 10.5. The summed E-state index contributed by atoms with van der Waals surface area (Å²) in [7, 11) is 0. The van der Waals surface area contributed by atoms with E-state index in [0.717, 1.165) is 27.6 Å². The van der Waals surface area contributed by atoms with Crippen molar-refractivity contribution in [3.63, 3.8) is 0 Å². The van der Waals surface area contributed by atoms with Crippen molar-refractivity contribution in [2.75, 3.05) is 12.3 Å². The highest BCUT2D eigenvalue weighted by atomic mass is 79.9. The molecule has 0 spiro atoms. The molecule has 0 aliphatic heterocycles. The summed E-state index contributed by atoms with van der Waals surface area (Å²) in [6.45, 7) is 2.83. The van der Waals surface area contributed by atoms with Crippen LogP contribution in [-0.2, 0) is 28.3 Å². The van der Waals surface area contributed by atoms with Gasteiger partial charge in [0.2, 0.25) is 11.8 Å². The molecule has 1 N–H and O–H groups in total. The standard InChI is InChI=1S/C28H30BrN3O4S/c1-2-15-30-28(34)26(17-21-7-4-3-5-8-21)31(18-23-9-6-10-24(29)16-23)27(33)20-37-19-22-11-13-25(14-12-22)32(35)36/h3-14,16,26H,2,15,17-20H2,1H3,(H,30,34)/t26-/m0/s1. The van der Waals surface area contributed by atoms with Crippen LogP contribution in [0, 0.1) is 10.1 Å². The van der Waals surface area contributed by atoms with Gasteiger partial charge in [0, 0.05) is 41.9 Å². The van der Waals surface area contributed by atoms with Gasteiger partial charge in [-0.05, 0) is 35.2 Å². The summed E-state index contributed by atoms with van der Waals surface area (Å²) in [4.78, 5) is 39.0. The number of nitro benzene ring substituents is 1. The highest BCUT2D eigenvalue weighted by Crippen LogP contribution is 2.21. The second-order valence-electron chi connectivity index (χ2n) is 8.56. The minimum Gasteiger partial charge on any atom is -0.354 e. The van der Waals surface area contributed by atoms with Gasteiger partial charge in [0.15, 0.2) is 0 Å². The van der Waals surface area contributed by atoms with Crippen LogP contribution in [0.15, 0.2) is 83.3 Å². The van der Waals surface area contributed by atoms with E-state index in [1.165, 1.54) is 23.9 Å². The normalized spacial score (nSPS) is 11.5. The topological polar surface area (TPSA) is 92.6 Å². The molecule has 0 aliphatic rings. The molecule has 1 atom stereocenters. The third kappa shape index (κ3) is 9.02.